The summed E-state index contributed by atoms with van der Waals surface area (Å²) in [7, 11) is -0.528. The van der Waals surface area contributed by atoms with E-state index in [1.165, 1.54) is 12.1 Å². The monoisotopic (exact) mass is 379 g/mol. The normalized spacial score (nSPS) is 16.4. The first-order valence-electron chi connectivity index (χ1n) is 8.36. The van der Waals surface area contributed by atoms with E-state index in [-0.39, 0.29) is 17.4 Å². The van der Waals surface area contributed by atoms with Crippen molar-refractivity contribution in [1.82, 2.24) is 4.72 Å². The van der Waals surface area contributed by atoms with Crippen molar-refractivity contribution < 1.29 is 22.3 Å². The second-order valence-corrected chi connectivity index (χ2v) is 8.14. The summed E-state index contributed by atoms with van der Waals surface area (Å²) in [5, 5.41) is 0. The Labute approximate surface area is 153 Å². The van der Waals surface area contributed by atoms with E-state index < -0.39 is 15.8 Å². The predicted molar refractivity (Wildman–Crippen MR) is 96.9 cm³/mol. The smallest absolute Gasteiger partial charge is 0.240 e. The fourth-order valence-electron chi connectivity index (χ4n) is 3.43. The third-order valence-electron chi connectivity index (χ3n) is 4.79. The molecule has 0 aliphatic heterocycles. The Morgan fingerprint density at radius 2 is 1.85 bits per heavy atom. The third kappa shape index (κ3) is 3.54. The number of nitrogens with one attached hydrogen (secondary N) is 1. The third-order valence-corrected chi connectivity index (χ3v) is 6.38. The number of methoxy groups -OCH3 is 2. The molecule has 0 saturated carbocycles. The quantitative estimate of drug-likeness (QED) is 0.837. The molecule has 0 fully saturated rings. The number of hydrogen-bond acceptors (Lipinski definition) is 4. The lowest BCUT2D eigenvalue weighted by atomic mass is 10.0. The van der Waals surface area contributed by atoms with Crippen molar-refractivity contribution in [2.45, 2.75) is 30.6 Å². The topological polar surface area (TPSA) is 64.6 Å². The van der Waals surface area contributed by atoms with Crippen LogP contribution in [0.15, 0.2) is 35.2 Å². The number of fused-ring (bicyclic) bond motifs is 1. The highest BCUT2D eigenvalue weighted by Gasteiger charge is 2.27. The lowest BCUT2D eigenvalue weighted by Crippen LogP contribution is -2.28. The van der Waals surface area contributed by atoms with E-state index in [2.05, 4.69) is 4.72 Å². The maximum Gasteiger partial charge on any atom is 0.240 e. The molecule has 0 spiro atoms. The van der Waals surface area contributed by atoms with Crippen LogP contribution in [-0.4, -0.2) is 29.2 Å². The molecule has 0 bridgehead atoms. The molecule has 1 N–H and O–H groups in total. The highest BCUT2D eigenvalue weighted by molar-refractivity contribution is 7.89. The standard InChI is InChI=1S/C19H22FNO4S/c1-12-8-15(20)6-7-19(12)26(22,23)21-11-14-5-4-13-9-17(24-2)18(25-3)10-16(13)14/h6-10,14,21H,4-5,11H2,1-3H3. The van der Waals surface area contributed by atoms with Crippen LogP contribution in [0.1, 0.15) is 29.0 Å². The Morgan fingerprint density at radius 1 is 1.15 bits per heavy atom. The Balaban J connectivity index is 1.80. The van der Waals surface area contributed by atoms with Gasteiger partial charge in [0.1, 0.15) is 5.82 Å². The van der Waals surface area contributed by atoms with Gasteiger partial charge in [0.15, 0.2) is 11.5 Å². The maximum absolute atomic E-state index is 13.2. The predicted octanol–water partition coefficient (Wildman–Crippen LogP) is 3.16. The molecule has 1 atom stereocenters. The van der Waals surface area contributed by atoms with Crippen molar-refractivity contribution in [3.05, 3.63) is 52.8 Å². The molecule has 0 heterocycles. The number of rotatable bonds is 6. The van der Waals surface area contributed by atoms with Gasteiger partial charge in [-0.1, -0.05) is 0 Å². The maximum atomic E-state index is 13.2. The molecular weight excluding hydrogens is 357 g/mol. The number of halogens is 1. The van der Waals surface area contributed by atoms with E-state index in [1.807, 2.05) is 12.1 Å². The molecule has 7 heteroatoms. The van der Waals surface area contributed by atoms with E-state index in [0.29, 0.717) is 17.1 Å². The zero-order valence-corrected chi connectivity index (χ0v) is 15.8. The second kappa shape index (κ2) is 7.25. The first-order chi connectivity index (χ1) is 12.4. The van der Waals surface area contributed by atoms with E-state index in [9.17, 15) is 12.8 Å². The first-order valence-corrected chi connectivity index (χ1v) is 9.84. The highest BCUT2D eigenvalue weighted by Crippen LogP contribution is 2.40. The van der Waals surface area contributed by atoms with Crippen LogP contribution in [0.3, 0.4) is 0 Å². The molecule has 1 aliphatic carbocycles. The summed E-state index contributed by atoms with van der Waals surface area (Å²) in [6, 6.07) is 7.54. The van der Waals surface area contributed by atoms with Crippen molar-refractivity contribution in [3.8, 4) is 11.5 Å². The molecule has 0 saturated heterocycles. The van der Waals surface area contributed by atoms with E-state index in [4.69, 9.17) is 9.47 Å². The minimum absolute atomic E-state index is 0.0559. The summed E-state index contributed by atoms with van der Waals surface area (Å²) < 4.78 is 51.7. The van der Waals surface area contributed by atoms with E-state index >= 15 is 0 Å². The number of hydrogen-bond donors (Lipinski definition) is 1. The SMILES string of the molecule is COc1cc2c(cc1OC)C(CNS(=O)(=O)c1ccc(F)cc1C)CC2. The van der Waals surface area contributed by atoms with Crippen LogP contribution in [0.2, 0.25) is 0 Å². The van der Waals surface area contributed by atoms with Gasteiger partial charge >= 0.3 is 0 Å². The zero-order valence-electron chi connectivity index (χ0n) is 15.0. The summed E-state index contributed by atoms with van der Waals surface area (Å²) in [6.45, 7) is 1.86. The molecular formula is C19H22FNO4S. The van der Waals surface area contributed by atoms with Gasteiger partial charge in [-0.15, -0.1) is 0 Å². The van der Waals surface area contributed by atoms with Crippen molar-refractivity contribution >= 4 is 10.0 Å². The van der Waals surface area contributed by atoms with Crippen LogP contribution in [0, 0.1) is 12.7 Å². The Kier molecular flexibility index (Phi) is 5.20. The molecule has 1 aliphatic rings. The largest absolute Gasteiger partial charge is 0.493 e. The zero-order chi connectivity index (χ0) is 18.9. The van der Waals surface area contributed by atoms with Gasteiger partial charge in [0, 0.05) is 6.54 Å². The fourth-order valence-corrected chi connectivity index (χ4v) is 4.74. The molecule has 0 radical (unpaired) electrons. The van der Waals surface area contributed by atoms with Crippen LogP contribution in [0.4, 0.5) is 4.39 Å². The van der Waals surface area contributed by atoms with Gasteiger partial charge in [0.05, 0.1) is 19.1 Å². The molecule has 0 amide bonds. The van der Waals surface area contributed by atoms with Crippen molar-refractivity contribution in [2.75, 3.05) is 20.8 Å². The Bertz CT molecular complexity index is 927. The van der Waals surface area contributed by atoms with Crippen LogP contribution in [0.5, 0.6) is 11.5 Å². The van der Waals surface area contributed by atoms with Crippen molar-refractivity contribution in [2.24, 2.45) is 0 Å². The molecule has 140 valence electrons. The number of aryl methyl sites for hydroxylation is 2. The van der Waals surface area contributed by atoms with Crippen LogP contribution >= 0.6 is 0 Å². The Hall–Kier alpha value is -2.12. The molecule has 3 rings (SSSR count). The molecule has 5 nitrogen and oxygen atoms in total. The van der Waals surface area contributed by atoms with Crippen LogP contribution in [-0.2, 0) is 16.4 Å². The lowest BCUT2D eigenvalue weighted by Gasteiger charge is -2.16. The van der Waals surface area contributed by atoms with Crippen LogP contribution in [0.25, 0.3) is 0 Å². The lowest BCUT2D eigenvalue weighted by molar-refractivity contribution is 0.354. The van der Waals surface area contributed by atoms with Gasteiger partial charge in [-0.25, -0.2) is 17.5 Å². The molecule has 0 aromatic heterocycles. The van der Waals surface area contributed by atoms with Crippen molar-refractivity contribution in [1.29, 1.82) is 0 Å². The average molecular weight is 379 g/mol. The highest BCUT2D eigenvalue weighted by atomic mass is 32.2. The first kappa shape index (κ1) is 18.7. The summed E-state index contributed by atoms with van der Waals surface area (Å²) in [5.74, 6) is 0.914. The van der Waals surface area contributed by atoms with Gasteiger partial charge in [-0.2, -0.15) is 0 Å². The number of ether oxygens (including phenoxy) is 2. The van der Waals surface area contributed by atoms with Crippen LogP contribution < -0.4 is 14.2 Å². The molecule has 26 heavy (non-hydrogen) atoms. The summed E-state index contributed by atoms with van der Waals surface area (Å²) in [4.78, 5) is 0.101. The Morgan fingerprint density at radius 3 is 2.50 bits per heavy atom. The second-order valence-electron chi connectivity index (χ2n) is 6.40. The van der Waals surface area contributed by atoms with Gasteiger partial charge in [-0.3, -0.25) is 0 Å². The number of sulfonamides is 1. The summed E-state index contributed by atoms with van der Waals surface area (Å²) >= 11 is 0. The van der Waals surface area contributed by atoms with E-state index in [1.54, 1.807) is 21.1 Å². The molecule has 2 aromatic carbocycles. The number of benzene rings is 2. The van der Waals surface area contributed by atoms with Crippen molar-refractivity contribution in [3.63, 3.8) is 0 Å². The summed E-state index contributed by atoms with van der Waals surface area (Å²) in [5.41, 5.74) is 2.60. The van der Waals surface area contributed by atoms with Gasteiger partial charge in [0.25, 0.3) is 0 Å². The minimum Gasteiger partial charge on any atom is -0.493 e. The fraction of sp³-hybridized carbons (Fsp3) is 0.368. The van der Waals surface area contributed by atoms with Gasteiger partial charge in [0.2, 0.25) is 10.0 Å². The molecule has 1 unspecified atom stereocenters. The van der Waals surface area contributed by atoms with Gasteiger partial charge < -0.3 is 9.47 Å². The molecule has 2 aromatic rings. The average Bonchev–Trinajstić information content (AvgIpc) is 3.00. The minimum atomic E-state index is -3.70. The van der Waals surface area contributed by atoms with E-state index in [0.717, 1.165) is 30.0 Å². The van der Waals surface area contributed by atoms with Gasteiger partial charge in [-0.05, 0) is 72.7 Å². The summed E-state index contributed by atoms with van der Waals surface area (Å²) in [6.07, 6.45) is 1.70.